The molecule has 2 aromatic rings. The molecule has 0 spiro atoms. The quantitative estimate of drug-likeness (QED) is 0.641. The fourth-order valence-corrected chi connectivity index (χ4v) is 2.95. The molecule has 0 saturated heterocycles. The zero-order valence-corrected chi connectivity index (χ0v) is 14.0. The van der Waals surface area contributed by atoms with E-state index in [4.69, 9.17) is 4.74 Å². The van der Waals surface area contributed by atoms with Gasteiger partial charge in [-0.05, 0) is 37.0 Å². The Morgan fingerprint density at radius 1 is 1.18 bits per heavy atom. The van der Waals surface area contributed by atoms with Gasteiger partial charge in [-0.15, -0.1) is 11.3 Å². The van der Waals surface area contributed by atoms with E-state index in [0.29, 0.717) is 6.42 Å². The molecule has 1 unspecified atom stereocenters. The van der Waals surface area contributed by atoms with Crippen molar-refractivity contribution in [1.82, 2.24) is 4.98 Å². The lowest BCUT2D eigenvalue weighted by Gasteiger charge is -2.09. The molecule has 3 nitrogen and oxygen atoms in total. The number of aromatic nitrogens is 1. The Morgan fingerprint density at radius 2 is 2.00 bits per heavy atom. The van der Waals surface area contributed by atoms with Crippen LogP contribution in [0.3, 0.4) is 0 Å². The van der Waals surface area contributed by atoms with E-state index in [0.717, 1.165) is 30.2 Å². The van der Waals surface area contributed by atoms with Gasteiger partial charge in [-0.1, -0.05) is 38.3 Å². The van der Waals surface area contributed by atoms with Crippen LogP contribution in [-0.4, -0.2) is 16.7 Å². The van der Waals surface area contributed by atoms with Crippen molar-refractivity contribution in [2.45, 2.75) is 51.6 Å². The Hall–Kier alpha value is -1.39. The number of aliphatic hydroxyl groups excluding tert-OH is 1. The van der Waals surface area contributed by atoms with Gasteiger partial charge >= 0.3 is 0 Å². The molecule has 2 rings (SSSR count). The number of hydrogen-bond donors (Lipinski definition) is 1. The van der Waals surface area contributed by atoms with Crippen LogP contribution in [0.15, 0.2) is 35.8 Å². The molecule has 1 heterocycles. The number of hydrogen-bond acceptors (Lipinski definition) is 4. The van der Waals surface area contributed by atoms with Gasteiger partial charge in [0.25, 0.3) is 0 Å². The summed E-state index contributed by atoms with van der Waals surface area (Å²) in [5.74, 6) is 0.931. The second kappa shape index (κ2) is 9.59. The van der Waals surface area contributed by atoms with Gasteiger partial charge in [-0.2, -0.15) is 0 Å². The first kappa shape index (κ1) is 17.0. The van der Waals surface area contributed by atoms with Crippen LogP contribution in [0.2, 0.25) is 0 Å². The average molecular weight is 319 g/mol. The van der Waals surface area contributed by atoms with Crippen LogP contribution >= 0.6 is 11.3 Å². The van der Waals surface area contributed by atoms with Crippen LogP contribution < -0.4 is 4.74 Å². The van der Waals surface area contributed by atoms with Crippen LogP contribution in [0, 0.1) is 0 Å². The largest absolute Gasteiger partial charge is 0.494 e. The first-order chi connectivity index (χ1) is 10.8. The van der Waals surface area contributed by atoms with Gasteiger partial charge in [0.05, 0.1) is 6.61 Å². The second-order valence-electron chi connectivity index (χ2n) is 5.48. The predicted molar refractivity (Wildman–Crippen MR) is 91.5 cm³/mol. The second-order valence-corrected chi connectivity index (χ2v) is 6.40. The van der Waals surface area contributed by atoms with Gasteiger partial charge in [0, 0.05) is 11.6 Å². The van der Waals surface area contributed by atoms with Crippen molar-refractivity contribution >= 4 is 11.3 Å². The number of ether oxygens (including phenoxy) is 1. The monoisotopic (exact) mass is 319 g/mol. The molecule has 0 aliphatic heterocycles. The van der Waals surface area contributed by atoms with Gasteiger partial charge in [-0.25, -0.2) is 4.98 Å². The Balaban J connectivity index is 1.70. The van der Waals surface area contributed by atoms with E-state index in [1.54, 1.807) is 6.20 Å². The Kier molecular flexibility index (Phi) is 7.40. The zero-order valence-electron chi connectivity index (χ0n) is 13.2. The molecule has 120 valence electrons. The van der Waals surface area contributed by atoms with Crippen molar-refractivity contribution in [3.05, 3.63) is 46.4 Å². The summed E-state index contributed by atoms with van der Waals surface area (Å²) in [7, 11) is 0. The summed E-state index contributed by atoms with van der Waals surface area (Å²) in [6.07, 6.45) is 7.71. The minimum absolute atomic E-state index is 0.463. The van der Waals surface area contributed by atoms with Crippen molar-refractivity contribution in [2.24, 2.45) is 0 Å². The number of aryl methyl sites for hydroxylation is 1. The number of aliphatic hydroxyl groups is 1. The predicted octanol–water partition coefficient (Wildman–Crippen LogP) is 4.77. The normalized spacial score (nSPS) is 12.3. The van der Waals surface area contributed by atoms with E-state index in [9.17, 15) is 5.11 Å². The maximum atomic E-state index is 10.0. The maximum absolute atomic E-state index is 10.0. The van der Waals surface area contributed by atoms with Gasteiger partial charge in [0.15, 0.2) is 0 Å². The molecular weight excluding hydrogens is 294 g/mol. The summed E-state index contributed by atoms with van der Waals surface area (Å²) in [5.41, 5.74) is 1.22. The highest BCUT2D eigenvalue weighted by Gasteiger charge is 2.10. The molecule has 1 aromatic heterocycles. The van der Waals surface area contributed by atoms with E-state index in [-0.39, 0.29) is 0 Å². The van der Waals surface area contributed by atoms with Gasteiger partial charge < -0.3 is 9.84 Å². The molecule has 1 aromatic carbocycles. The van der Waals surface area contributed by atoms with Gasteiger partial charge in [-0.3, -0.25) is 0 Å². The fraction of sp³-hybridized carbons (Fsp3) is 0.500. The third kappa shape index (κ3) is 5.78. The highest BCUT2D eigenvalue weighted by molar-refractivity contribution is 7.09. The summed E-state index contributed by atoms with van der Waals surface area (Å²) in [6, 6.07) is 8.20. The molecule has 1 atom stereocenters. The standard InChI is InChI=1S/C18H25NO2S/c1-2-3-4-5-13-21-16-9-6-15(7-10-16)8-11-17(20)18-19-12-14-22-18/h6-7,9-10,12,14,17,20H,2-5,8,11,13H2,1H3. The summed E-state index contributed by atoms with van der Waals surface area (Å²) >= 11 is 1.50. The lowest BCUT2D eigenvalue weighted by molar-refractivity contribution is 0.167. The smallest absolute Gasteiger partial charge is 0.121 e. The average Bonchev–Trinajstić information content (AvgIpc) is 3.08. The Bertz CT molecular complexity index is 510. The lowest BCUT2D eigenvalue weighted by atomic mass is 10.1. The minimum atomic E-state index is -0.463. The van der Waals surface area contributed by atoms with Crippen molar-refractivity contribution < 1.29 is 9.84 Å². The molecular formula is C18H25NO2S. The molecule has 1 N–H and O–H groups in total. The third-order valence-electron chi connectivity index (χ3n) is 3.63. The third-order valence-corrected chi connectivity index (χ3v) is 4.51. The molecule has 0 aliphatic carbocycles. The molecule has 0 bridgehead atoms. The van der Waals surface area contributed by atoms with Crippen LogP contribution in [0.1, 0.15) is 55.7 Å². The molecule has 0 saturated carbocycles. The highest BCUT2D eigenvalue weighted by atomic mass is 32.1. The molecule has 0 aliphatic rings. The fourth-order valence-electron chi connectivity index (χ4n) is 2.30. The van der Waals surface area contributed by atoms with E-state index >= 15 is 0 Å². The number of thiazole rings is 1. The van der Waals surface area contributed by atoms with Crippen molar-refractivity contribution in [1.29, 1.82) is 0 Å². The van der Waals surface area contributed by atoms with Crippen LogP contribution in [-0.2, 0) is 6.42 Å². The van der Waals surface area contributed by atoms with E-state index in [1.165, 1.54) is 36.2 Å². The number of benzene rings is 1. The van der Waals surface area contributed by atoms with E-state index in [2.05, 4.69) is 24.0 Å². The minimum Gasteiger partial charge on any atom is -0.494 e. The van der Waals surface area contributed by atoms with Crippen LogP contribution in [0.5, 0.6) is 5.75 Å². The first-order valence-corrected chi connectivity index (χ1v) is 8.96. The zero-order chi connectivity index (χ0) is 15.6. The molecule has 0 radical (unpaired) electrons. The summed E-state index contributed by atoms with van der Waals surface area (Å²) in [6.45, 7) is 3.01. The van der Waals surface area contributed by atoms with Gasteiger partial charge in [0.2, 0.25) is 0 Å². The summed E-state index contributed by atoms with van der Waals surface area (Å²) < 4.78 is 5.73. The SMILES string of the molecule is CCCCCCOc1ccc(CCC(O)c2nccs2)cc1. The lowest BCUT2D eigenvalue weighted by Crippen LogP contribution is -2.00. The topological polar surface area (TPSA) is 42.4 Å². The molecule has 0 amide bonds. The number of unbranched alkanes of at least 4 members (excludes halogenated alkanes) is 3. The summed E-state index contributed by atoms with van der Waals surface area (Å²) in [5, 5.41) is 12.7. The van der Waals surface area contributed by atoms with Gasteiger partial charge in [0.1, 0.15) is 16.9 Å². The van der Waals surface area contributed by atoms with Crippen LogP contribution in [0.4, 0.5) is 0 Å². The molecule has 22 heavy (non-hydrogen) atoms. The number of rotatable bonds is 10. The highest BCUT2D eigenvalue weighted by Crippen LogP contribution is 2.21. The number of nitrogens with zero attached hydrogens (tertiary/aromatic N) is 1. The van der Waals surface area contributed by atoms with Crippen LogP contribution in [0.25, 0.3) is 0 Å². The maximum Gasteiger partial charge on any atom is 0.121 e. The van der Waals surface area contributed by atoms with Crippen molar-refractivity contribution in [3.63, 3.8) is 0 Å². The first-order valence-electron chi connectivity index (χ1n) is 8.08. The van der Waals surface area contributed by atoms with Crippen molar-refractivity contribution in [2.75, 3.05) is 6.61 Å². The Morgan fingerprint density at radius 3 is 2.68 bits per heavy atom. The Labute approximate surface area is 137 Å². The van der Waals surface area contributed by atoms with Crippen molar-refractivity contribution in [3.8, 4) is 5.75 Å². The summed E-state index contributed by atoms with van der Waals surface area (Å²) in [4.78, 5) is 4.15. The van der Waals surface area contributed by atoms with E-state index in [1.807, 2.05) is 17.5 Å². The van der Waals surface area contributed by atoms with E-state index < -0.39 is 6.10 Å². The molecule has 0 fully saturated rings. The molecule has 4 heteroatoms.